The number of rotatable bonds is 6. The quantitative estimate of drug-likeness (QED) is 0.863. The van der Waals surface area contributed by atoms with Crippen molar-refractivity contribution in [2.75, 3.05) is 20.6 Å². The fourth-order valence-corrected chi connectivity index (χ4v) is 2.42. The van der Waals surface area contributed by atoms with Gasteiger partial charge in [-0.1, -0.05) is 42.5 Å². The lowest BCUT2D eigenvalue weighted by Crippen LogP contribution is -2.46. The summed E-state index contributed by atoms with van der Waals surface area (Å²) >= 11 is 0. The van der Waals surface area contributed by atoms with Gasteiger partial charge in [0.1, 0.15) is 0 Å². The third kappa shape index (κ3) is 4.19. The van der Waals surface area contributed by atoms with Gasteiger partial charge in [-0.15, -0.1) is 0 Å². The van der Waals surface area contributed by atoms with Crippen molar-refractivity contribution >= 4 is 0 Å². The maximum absolute atomic E-state index is 3.57. The molecule has 22 heavy (non-hydrogen) atoms. The van der Waals surface area contributed by atoms with E-state index < -0.39 is 0 Å². The average Bonchev–Trinajstić information content (AvgIpc) is 2.47. The summed E-state index contributed by atoms with van der Waals surface area (Å²) in [7, 11) is 4.25. The molecule has 0 aliphatic heterocycles. The van der Waals surface area contributed by atoms with Crippen LogP contribution in [0.3, 0.4) is 0 Å². The van der Waals surface area contributed by atoms with Crippen LogP contribution in [0.2, 0.25) is 0 Å². The molecular weight excluding hydrogens is 268 g/mol. The normalized spacial score (nSPS) is 11.9. The number of aryl methyl sites for hydroxylation is 1. The summed E-state index contributed by atoms with van der Waals surface area (Å²) < 4.78 is 0. The molecule has 2 aromatic carbocycles. The molecule has 0 bridgehead atoms. The SMILES string of the molecule is Cc1ccccc1-c1cccc(CNCC(C)(C)N(C)C)c1. The van der Waals surface area contributed by atoms with Crippen LogP contribution in [-0.4, -0.2) is 31.1 Å². The average molecular weight is 296 g/mol. The number of nitrogens with zero attached hydrogens (tertiary/aromatic N) is 1. The number of likely N-dealkylation sites (N-methyl/N-ethyl adjacent to an activating group) is 1. The topological polar surface area (TPSA) is 15.3 Å². The van der Waals surface area contributed by atoms with Crippen molar-refractivity contribution in [1.29, 1.82) is 0 Å². The van der Waals surface area contributed by atoms with E-state index in [0.717, 1.165) is 13.1 Å². The Morgan fingerprint density at radius 3 is 2.41 bits per heavy atom. The van der Waals surface area contributed by atoms with Crippen LogP contribution in [0.5, 0.6) is 0 Å². The van der Waals surface area contributed by atoms with Gasteiger partial charge in [0.15, 0.2) is 0 Å². The first-order chi connectivity index (χ1) is 10.4. The Bertz CT molecular complexity index is 615. The first-order valence-corrected chi connectivity index (χ1v) is 7.93. The highest BCUT2D eigenvalue weighted by Gasteiger charge is 2.19. The Hall–Kier alpha value is -1.64. The van der Waals surface area contributed by atoms with Crippen LogP contribution in [0.1, 0.15) is 25.0 Å². The zero-order valence-electron chi connectivity index (χ0n) is 14.5. The maximum atomic E-state index is 3.57. The second-order valence-electron chi connectivity index (χ2n) is 6.83. The van der Waals surface area contributed by atoms with Crippen LogP contribution in [0.15, 0.2) is 48.5 Å². The number of nitrogens with one attached hydrogen (secondary N) is 1. The van der Waals surface area contributed by atoms with E-state index in [9.17, 15) is 0 Å². The molecule has 0 aliphatic rings. The lowest BCUT2D eigenvalue weighted by molar-refractivity contribution is 0.190. The molecular formula is C20H28N2. The molecule has 0 fully saturated rings. The minimum absolute atomic E-state index is 0.160. The standard InChI is InChI=1S/C20H28N2/c1-16-9-6-7-12-19(16)18-11-8-10-17(13-18)14-21-15-20(2,3)22(4)5/h6-13,21H,14-15H2,1-5H3. The summed E-state index contributed by atoms with van der Waals surface area (Å²) in [6.07, 6.45) is 0. The molecule has 0 amide bonds. The van der Waals surface area contributed by atoms with Gasteiger partial charge in [0, 0.05) is 18.6 Å². The van der Waals surface area contributed by atoms with Crippen LogP contribution < -0.4 is 5.32 Å². The zero-order chi connectivity index (χ0) is 16.2. The molecule has 0 atom stereocenters. The molecule has 1 N–H and O–H groups in total. The summed E-state index contributed by atoms with van der Waals surface area (Å²) in [5, 5.41) is 3.57. The Labute approximate surface area is 135 Å². The largest absolute Gasteiger partial charge is 0.311 e. The second-order valence-corrected chi connectivity index (χ2v) is 6.83. The molecule has 2 nitrogen and oxygen atoms in total. The predicted molar refractivity (Wildman–Crippen MR) is 96.1 cm³/mol. The Morgan fingerprint density at radius 2 is 1.73 bits per heavy atom. The van der Waals surface area contributed by atoms with Crippen LogP contribution in [0, 0.1) is 6.92 Å². The van der Waals surface area contributed by atoms with Gasteiger partial charge in [-0.2, -0.15) is 0 Å². The fraction of sp³-hybridized carbons (Fsp3) is 0.400. The van der Waals surface area contributed by atoms with Crippen molar-refractivity contribution < 1.29 is 0 Å². The molecule has 118 valence electrons. The van der Waals surface area contributed by atoms with Crippen molar-refractivity contribution in [2.45, 2.75) is 32.9 Å². The summed E-state index contributed by atoms with van der Waals surface area (Å²) in [4.78, 5) is 2.25. The number of hydrogen-bond donors (Lipinski definition) is 1. The summed E-state index contributed by atoms with van der Waals surface area (Å²) in [5.41, 5.74) is 5.42. The van der Waals surface area contributed by atoms with E-state index in [1.807, 2.05) is 0 Å². The molecule has 0 spiro atoms. The van der Waals surface area contributed by atoms with Crippen molar-refractivity contribution in [3.8, 4) is 11.1 Å². The summed E-state index contributed by atoms with van der Waals surface area (Å²) in [5.74, 6) is 0. The maximum Gasteiger partial charge on any atom is 0.0271 e. The van der Waals surface area contributed by atoms with Gasteiger partial charge in [0.2, 0.25) is 0 Å². The molecule has 0 aliphatic carbocycles. The van der Waals surface area contributed by atoms with Crippen LogP contribution in [0.4, 0.5) is 0 Å². The molecule has 2 heteroatoms. The molecule has 0 unspecified atom stereocenters. The third-order valence-electron chi connectivity index (χ3n) is 4.48. The predicted octanol–water partition coefficient (Wildman–Crippen LogP) is 4.09. The van der Waals surface area contributed by atoms with E-state index in [1.165, 1.54) is 22.3 Å². The number of hydrogen-bond acceptors (Lipinski definition) is 2. The van der Waals surface area contributed by atoms with Gasteiger partial charge < -0.3 is 10.2 Å². The van der Waals surface area contributed by atoms with Gasteiger partial charge in [0.25, 0.3) is 0 Å². The molecule has 0 radical (unpaired) electrons. The lowest BCUT2D eigenvalue weighted by Gasteiger charge is -2.32. The van der Waals surface area contributed by atoms with Crippen molar-refractivity contribution in [2.24, 2.45) is 0 Å². The molecule has 2 aromatic rings. The van der Waals surface area contributed by atoms with Crippen LogP contribution in [0.25, 0.3) is 11.1 Å². The smallest absolute Gasteiger partial charge is 0.0271 e. The summed E-state index contributed by atoms with van der Waals surface area (Å²) in [6.45, 7) is 8.54. The van der Waals surface area contributed by atoms with E-state index in [4.69, 9.17) is 0 Å². The highest BCUT2D eigenvalue weighted by molar-refractivity contribution is 5.67. The molecule has 0 aromatic heterocycles. The van der Waals surface area contributed by atoms with Gasteiger partial charge in [-0.25, -0.2) is 0 Å². The molecule has 2 rings (SSSR count). The van der Waals surface area contributed by atoms with E-state index >= 15 is 0 Å². The first kappa shape index (κ1) is 16.7. The first-order valence-electron chi connectivity index (χ1n) is 7.93. The van der Waals surface area contributed by atoms with Crippen molar-refractivity contribution in [3.05, 3.63) is 59.7 Å². The van der Waals surface area contributed by atoms with Gasteiger partial charge in [0.05, 0.1) is 0 Å². The van der Waals surface area contributed by atoms with E-state index in [1.54, 1.807) is 0 Å². The van der Waals surface area contributed by atoms with Crippen molar-refractivity contribution in [3.63, 3.8) is 0 Å². The highest BCUT2D eigenvalue weighted by Crippen LogP contribution is 2.23. The van der Waals surface area contributed by atoms with E-state index in [2.05, 4.69) is 93.6 Å². The lowest BCUT2D eigenvalue weighted by atomic mass is 9.99. The molecule has 0 saturated carbocycles. The van der Waals surface area contributed by atoms with Crippen LogP contribution in [-0.2, 0) is 6.54 Å². The highest BCUT2D eigenvalue weighted by atomic mass is 15.2. The fourth-order valence-electron chi connectivity index (χ4n) is 2.42. The Morgan fingerprint density at radius 1 is 1.00 bits per heavy atom. The Balaban J connectivity index is 2.05. The number of benzene rings is 2. The van der Waals surface area contributed by atoms with Crippen LogP contribution >= 0.6 is 0 Å². The second kappa shape index (κ2) is 7.08. The van der Waals surface area contributed by atoms with Gasteiger partial charge in [-0.05, 0) is 63.2 Å². The summed E-state index contributed by atoms with van der Waals surface area (Å²) in [6, 6.07) is 17.4. The van der Waals surface area contributed by atoms with E-state index in [-0.39, 0.29) is 5.54 Å². The van der Waals surface area contributed by atoms with Gasteiger partial charge in [-0.3, -0.25) is 0 Å². The third-order valence-corrected chi connectivity index (χ3v) is 4.48. The minimum Gasteiger partial charge on any atom is -0.311 e. The molecule has 0 saturated heterocycles. The van der Waals surface area contributed by atoms with E-state index in [0.29, 0.717) is 0 Å². The van der Waals surface area contributed by atoms with Gasteiger partial charge >= 0.3 is 0 Å². The Kier molecular flexibility index (Phi) is 5.38. The molecule has 0 heterocycles. The van der Waals surface area contributed by atoms with Crippen molar-refractivity contribution in [1.82, 2.24) is 10.2 Å². The zero-order valence-corrected chi connectivity index (χ0v) is 14.5. The monoisotopic (exact) mass is 296 g/mol. The minimum atomic E-state index is 0.160.